The van der Waals surface area contributed by atoms with E-state index < -0.39 is 8.07 Å². The van der Waals surface area contributed by atoms with Crippen LogP contribution in [-0.4, -0.2) is 20.6 Å². The minimum Gasteiger partial charge on any atom is -0.371 e. The molecule has 1 aromatic carbocycles. The SMILES string of the molecule is CC(C)c1cc(C(C)C)c(SCOCC[Si](C)(C)C)c(C(C)C)c1. The van der Waals surface area contributed by atoms with E-state index in [1.165, 1.54) is 27.6 Å². The molecule has 0 aliphatic carbocycles. The van der Waals surface area contributed by atoms with Gasteiger partial charge in [0.2, 0.25) is 0 Å². The molecule has 0 spiro atoms. The van der Waals surface area contributed by atoms with Crippen molar-refractivity contribution in [2.24, 2.45) is 0 Å². The number of benzene rings is 1. The van der Waals surface area contributed by atoms with E-state index in [1.807, 2.05) is 11.8 Å². The van der Waals surface area contributed by atoms with Crippen molar-refractivity contribution in [3.8, 4) is 0 Å². The van der Waals surface area contributed by atoms with Crippen molar-refractivity contribution in [1.29, 1.82) is 0 Å². The summed E-state index contributed by atoms with van der Waals surface area (Å²) in [5.41, 5.74) is 4.44. The lowest BCUT2D eigenvalue weighted by atomic mass is 9.89. The van der Waals surface area contributed by atoms with Gasteiger partial charge >= 0.3 is 0 Å². The summed E-state index contributed by atoms with van der Waals surface area (Å²) >= 11 is 1.89. The van der Waals surface area contributed by atoms with Crippen LogP contribution in [0.4, 0.5) is 0 Å². The highest BCUT2D eigenvalue weighted by molar-refractivity contribution is 7.99. The van der Waals surface area contributed by atoms with Gasteiger partial charge in [0.15, 0.2) is 0 Å². The van der Waals surface area contributed by atoms with Crippen molar-refractivity contribution in [1.82, 2.24) is 0 Å². The number of rotatable bonds is 9. The zero-order valence-corrected chi connectivity index (χ0v) is 19.1. The molecule has 3 heteroatoms. The van der Waals surface area contributed by atoms with Gasteiger partial charge in [0.05, 0.1) is 5.94 Å². The highest BCUT2D eigenvalue weighted by Gasteiger charge is 2.18. The second kappa shape index (κ2) is 9.45. The molecule has 0 bridgehead atoms. The standard InChI is InChI=1S/C21H38OSSi/c1-15(2)18-12-19(16(3)4)21(20(13-18)17(5)6)23-14-22-10-11-24(7,8)9/h12-13,15-17H,10-11,14H2,1-9H3. The third-order valence-electron chi connectivity index (χ3n) is 4.36. The fourth-order valence-electron chi connectivity index (χ4n) is 2.59. The molecule has 0 aromatic heterocycles. The molecular formula is C21H38OSSi. The zero-order chi connectivity index (χ0) is 18.5. The summed E-state index contributed by atoms with van der Waals surface area (Å²) in [6, 6.07) is 6.09. The summed E-state index contributed by atoms with van der Waals surface area (Å²) in [7, 11) is -0.998. The Morgan fingerprint density at radius 2 is 1.38 bits per heavy atom. The predicted molar refractivity (Wildman–Crippen MR) is 114 cm³/mol. The van der Waals surface area contributed by atoms with Crippen LogP contribution in [0.3, 0.4) is 0 Å². The quantitative estimate of drug-likeness (QED) is 0.194. The summed E-state index contributed by atoms with van der Waals surface area (Å²) in [6.07, 6.45) is 0. The Balaban J connectivity index is 2.94. The van der Waals surface area contributed by atoms with Crippen LogP contribution in [-0.2, 0) is 4.74 Å². The Kier molecular flexibility index (Phi) is 8.58. The molecule has 0 heterocycles. The summed E-state index contributed by atoms with van der Waals surface area (Å²) in [6.45, 7) is 21.9. The highest BCUT2D eigenvalue weighted by atomic mass is 32.2. The number of thioether (sulfide) groups is 1. The molecule has 1 rings (SSSR count). The maximum atomic E-state index is 5.96. The molecule has 0 amide bonds. The van der Waals surface area contributed by atoms with Crippen molar-refractivity contribution in [3.05, 3.63) is 28.8 Å². The van der Waals surface area contributed by atoms with E-state index >= 15 is 0 Å². The number of hydrogen-bond donors (Lipinski definition) is 0. The largest absolute Gasteiger partial charge is 0.371 e. The summed E-state index contributed by atoms with van der Waals surface area (Å²) in [4.78, 5) is 1.46. The Labute approximate surface area is 156 Å². The number of hydrogen-bond acceptors (Lipinski definition) is 2. The van der Waals surface area contributed by atoms with Gasteiger partial charge in [-0.25, -0.2) is 0 Å². The minimum absolute atomic E-state index is 0.547. The smallest absolute Gasteiger partial charge is 0.0967 e. The van der Waals surface area contributed by atoms with Gasteiger partial charge in [0.25, 0.3) is 0 Å². The predicted octanol–water partition coefficient (Wildman–Crippen LogP) is 7.46. The molecule has 0 fully saturated rings. The average molecular weight is 367 g/mol. The number of ether oxygens (including phenoxy) is 1. The van der Waals surface area contributed by atoms with Crippen molar-refractivity contribution >= 4 is 19.8 Å². The van der Waals surface area contributed by atoms with E-state index in [4.69, 9.17) is 4.74 Å². The first-order chi connectivity index (χ1) is 11.0. The third-order valence-corrected chi connectivity index (χ3v) is 7.11. The maximum absolute atomic E-state index is 5.96. The lowest BCUT2D eigenvalue weighted by Gasteiger charge is -2.22. The molecule has 0 radical (unpaired) electrons. The van der Waals surface area contributed by atoms with Gasteiger partial charge in [0, 0.05) is 19.6 Å². The summed E-state index contributed by atoms with van der Waals surface area (Å²) < 4.78 is 5.96. The summed E-state index contributed by atoms with van der Waals surface area (Å²) in [5.74, 6) is 2.44. The van der Waals surface area contributed by atoms with Gasteiger partial charge in [0.1, 0.15) is 0 Å². The van der Waals surface area contributed by atoms with Crippen molar-refractivity contribution in [2.45, 2.75) is 89.9 Å². The van der Waals surface area contributed by atoms with Crippen molar-refractivity contribution in [3.63, 3.8) is 0 Å². The van der Waals surface area contributed by atoms with E-state index in [0.29, 0.717) is 17.8 Å². The molecule has 0 aliphatic rings. The molecule has 0 aliphatic heterocycles. The zero-order valence-electron chi connectivity index (χ0n) is 17.3. The van der Waals surface area contributed by atoms with Crippen LogP contribution in [0.2, 0.25) is 25.7 Å². The van der Waals surface area contributed by atoms with Crippen LogP contribution >= 0.6 is 11.8 Å². The van der Waals surface area contributed by atoms with E-state index in [9.17, 15) is 0 Å². The van der Waals surface area contributed by atoms with E-state index in [-0.39, 0.29) is 0 Å². The van der Waals surface area contributed by atoms with Crippen LogP contribution in [0.25, 0.3) is 0 Å². The van der Waals surface area contributed by atoms with Crippen LogP contribution in [0, 0.1) is 0 Å². The topological polar surface area (TPSA) is 9.23 Å². The molecule has 0 unspecified atom stereocenters. The summed E-state index contributed by atoms with van der Waals surface area (Å²) in [5, 5.41) is 0. The van der Waals surface area contributed by atoms with Crippen LogP contribution < -0.4 is 0 Å². The van der Waals surface area contributed by atoms with Gasteiger partial charge in [-0.2, -0.15) is 0 Å². The second-order valence-electron chi connectivity index (χ2n) is 8.97. The first-order valence-corrected chi connectivity index (χ1v) is 14.1. The fraction of sp³-hybridized carbons (Fsp3) is 0.714. The fourth-order valence-corrected chi connectivity index (χ4v) is 4.59. The van der Waals surface area contributed by atoms with Crippen molar-refractivity contribution in [2.75, 3.05) is 12.5 Å². The first-order valence-electron chi connectivity index (χ1n) is 9.41. The van der Waals surface area contributed by atoms with Gasteiger partial charge in [-0.1, -0.05) is 85.1 Å². The molecule has 0 saturated heterocycles. The minimum atomic E-state index is -0.998. The third kappa shape index (κ3) is 6.93. The van der Waals surface area contributed by atoms with Gasteiger partial charge in [-0.15, -0.1) is 0 Å². The Morgan fingerprint density at radius 3 is 1.75 bits per heavy atom. The lowest BCUT2D eigenvalue weighted by Crippen LogP contribution is -2.21. The molecule has 1 aromatic rings. The Hall–Kier alpha value is -0.253. The van der Waals surface area contributed by atoms with Crippen LogP contribution in [0.15, 0.2) is 17.0 Å². The van der Waals surface area contributed by atoms with Crippen LogP contribution in [0.1, 0.15) is 76.0 Å². The maximum Gasteiger partial charge on any atom is 0.0967 e. The van der Waals surface area contributed by atoms with Gasteiger partial charge in [-0.3, -0.25) is 0 Å². The molecule has 1 nitrogen and oxygen atoms in total. The Morgan fingerprint density at radius 1 is 0.875 bits per heavy atom. The molecule has 0 N–H and O–H groups in total. The van der Waals surface area contributed by atoms with Gasteiger partial charge in [-0.05, 0) is 40.5 Å². The molecule has 138 valence electrons. The van der Waals surface area contributed by atoms with Crippen molar-refractivity contribution < 1.29 is 4.74 Å². The molecule has 0 saturated carbocycles. The normalized spacial score (nSPS) is 12.7. The van der Waals surface area contributed by atoms with Gasteiger partial charge < -0.3 is 4.74 Å². The van der Waals surface area contributed by atoms with E-state index in [1.54, 1.807) is 0 Å². The molecule has 0 atom stereocenters. The van der Waals surface area contributed by atoms with E-state index in [2.05, 4.69) is 73.3 Å². The first kappa shape index (κ1) is 21.8. The molecular weight excluding hydrogens is 328 g/mol. The average Bonchev–Trinajstić information content (AvgIpc) is 2.44. The second-order valence-corrected chi connectivity index (χ2v) is 15.5. The van der Waals surface area contributed by atoms with Crippen LogP contribution in [0.5, 0.6) is 0 Å². The lowest BCUT2D eigenvalue weighted by molar-refractivity contribution is 0.198. The highest BCUT2D eigenvalue weighted by Crippen LogP contribution is 2.38. The Bertz CT molecular complexity index is 486. The molecule has 24 heavy (non-hydrogen) atoms. The monoisotopic (exact) mass is 366 g/mol. The van der Waals surface area contributed by atoms with E-state index in [0.717, 1.165) is 12.5 Å².